The van der Waals surface area contributed by atoms with Crippen LogP contribution in [-0.2, 0) is 28.3 Å². The number of fused-ring (bicyclic) bond motifs is 1. The number of hydrogen-bond acceptors (Lipinski definition) is 5. The van der Waals surface area contributed by atoms with Crippen LogP contribution in [0.1, 0.15) is 54.5 Å². The van der Waals surface area contributed by atoms with Gasteiger partial charge in [-0.2, -0.15) is 0 Å². The smallest absolute Gasteiger partial charge is 0.418 e. The number of benzene rings is 2. The molecule has 4 aromatic rings. The quantitative estimate of drug-likeness (QED) is 0.338. The van der Waals surface area contributed by atoms with Gasteiger partial charge in [0.1, 0.15) is 11.3 Å². The number of rotatable bonds is 7. The number of aryl methyl sites for hydroxylation is 4. The molecule has 0 saturated heterocycles. The second-order valence-electron chi connectivity index (χ2n) is 10.1. The summed E-state index contributed by atoms with van der Waals surface area (Å²) >= 11 is 0. The highest BCUT2D eigenvalue weighted by atomic mass is 32.2. The van der Waals surface area contributed by atoms with Crippen LogP contribution < -0.4 is 4.72 Å². The molecule has 0 atom stereocenters. The van der Waals surface area contributed by atoms with Crippen LogP contribution >= 0.6 is 0 Å². The third kappa shape index (κ3) is 5.22. The van der Waals surface area contributed by atoms with E-state index in [4.69, 9.17) is 15.1 Å². The Hall–Kier alpha value is -3.72. The predicted molar refractivity (Wildman–Crippen MR) is 144 cm³/mol. The summed E-state index contributed by atoms with van der Waals surface area (Å²) in [5.41, 5.74) is 6.61. The van der Waals surface area contributed by atoms with Crippen molar-refractivity contribution in [2.24, 2.45) is 0 Å². The minimum absolute atomic E-state index is 0.0311. The zero-order valence-electron chi connectivity index (χ0n) is 22.0. The number of sulfonamides is 1. The van der Waals surface area contributed by atoms with Crippen LogP contribution in [0.3, 0.4) is 0 Å². The van der Waals surface area contributed by atoms with Crippen molar-refractivity contribution < 1.29 is 18.3 Å². The lowest BCUT2D eigenvalue weighted by Gasteiger charge is -2.28. The topological polar surface area (TPSA) is 114 Å². The summed E-state index contributed by atoms with van der Waals surface area (Å²) in [6, 6.07) is 15.1. The number of carboxylic acid groups (broad SMARTS) is 1. The normalized spacial score (nSPS) is 12.2. The molecule has 0 bridgehead atoms. The Morgan fingerprint density at radius 2 is 1.70 bits per heavy atom. The SMILES string of the molecule is CCc1nc2c(C)cc(C)nc2n1-c1ccc(CC(C)(C)c2cc(C)ccc2S(=O)(=O)NC(=O)O)cc1. The molecule has 0 aliphatic heterocycles. The Labute approximate surface area is 217 Å². The minimum atomic E-state index is -4.22. The summed E-state index contributed by atoms with van der Waals surface area (Å²) in [4.78, 5) is 20.7. The maximum atomic E-state index is 12.8. The van der Waals surface area contributed by atoms with Crippen molar-refractivity contribution in [3.63, 3.8) is 0 Å². The van der Waals surface area contributed by atoms with Crippen LogP contribution in [0.2, 0.25) is 0 Å². The molecule has 1 amide bonds. The number of nitrogens with one attached hydrogen (secondary N) is 1. The molecule has 2 aromatic carbocycles. The van der Waals surface area contributed by atoms with Gasteiger partial charge in [0.2, 0.25) is 0 Å². The first-order valence-electron chi connectivity index (χ1n) is 12.1. The molecule has 8 nitrogen and oxygen atoms in total. The van der Waals surface area contributed by atoms with E-state index in [1.807, 2.05) is 71.0 Å². The molecule has 194 valence electrons. The Kier molecular flexibility index (Phi) is 6.85. The Balaban J connectivity index is 1.71. The largest absolute Gasteiger partial charge is 0.464 e. The molecule has 0 radical (unpaired) electrons. The van der Waals surface area contributed by atoms with Crippen molar-refractivity contribution in [2.45, 2.75) is 64.7 Å². The number of hydrogen-bond donors (Lipinski definition) is 2. The zero-order chi connectivity index (χ0) is 27.1. The van der Waals surface area contributed by atoms with Gasteiger partial charge in [-0.1, -0.05) is 50.6 Å². The van der Waals surface area contributed by atoms with E-state index in [1.165, 1.54) is 6.07 Å². The first-order chi connectivity index (χ1) is 17.3. The lowest BCUT2D eigenvalue weighted by molar-refractivity contribution is 0.201. The third-order valence-electron chi connectivity index (χ3n) is 6.54. The predicted octanol–water partition coefficient (Wildman–Crippen LogP) is 5.38. The minimum Gasteiger partial charge on any atom is -0.464 e. The molecule has 0 fully saturated rings. The van der Waals surface area contributed by atoms with Crippen LogP contribution in [-0.4, -0.2) is 34.2 Å². The van der Waals surface area contributed by atoms with Gasteiger partial charge in [-0.05, 0) is 73.6 Å². The van der Waals surface area contributed by atoms with Gasteiger partial charge in [0, 0.05) is 17.8 Å². The van der Waals surface area contributed by atoms with Crippen molar-refractivity contribution >= 4 is 27.3 Å². The molecule has 0 aliphatic rings. The lowest BCUT2D eigenvalue weighted by Crippen LogP contribution is -2.32. The maximum Gasteiger partial charge on any atom is 0.418 e. The Bertz CT molecular complexity index is 1600. The summed E-state index contributed by atoms with van der Waals surface area (Å²) in [6.07, 6.45) is -0.300. The molecule has 2 heterocycles. The highest BCUT2D eigenvalue weighted by Gasteiger charge is 2.30. The lowest BCUT2D eigenvalue weighted by atomic mass is 9.78. The molecule has 0 aliphatic carbocycles. The number of imidazole rings is 1. The van der Waals surface area contributed by atoms with E-state index in [0.717, 1.165) is 51.5 Å². The third-order valence-corrected chi connectivity index (χ3v) is 7.91. The number of carbonyl (C=O) groups is 1. The molecular formula is C28H32N4O4S. The van der Waals surface area contributed by atoms with Crippen molar-refractivity contribution in [2.75, 3.05) is 0 Å². The molecule has 0 unspecified atom stereocenters. The van der Waals surface area contributed by atoms with Gasteiger partial charge in [-0.3, -0.25) is 4.57 Å². The average molecular weight is 521 g/mol. The van der Waals surface area contributed by atoms with Crippen LogP contribution in [0.4, 0.5) is 4.79 Å². The molecule has 2 aromatic heterocycles. The van der Waals surface area contributed by atoms with Gasteiger partial charge >= 0.3 is 6.09 Å². The van der Waals surface area contributed by atoms with Gasteiger partial charge in [-0.15, -0.1) is 0 Å². The molecule has 0 spiro atoms. The highest BCUT2D eigenvalue weighted by Crippen LogP contribution is 2.34. The molecule has 4 rings (SSSR count). The average Bonchev–Trinajstić information content (AvgIpc) is 3.17. The highest BCUT2D eigenvalue weighted by molar-refractivity contribution is 7.90. The number of pyridine rings is 1. The summed E-state index contributed by atoms with van der Waals surface area (Å²) in [5, 5.41) is 9.03. The molecule has 0 saturated carbocycles. The first-order valence-corrected chi connectivity index (χ1v) is 13.6. The summed E-state index contributed by atoms with van der Waals surface area (Å²) in [5.74, 6) is 0.935. The van der Waals surface area contributed by atoms with Crippen molar-refractivity contribution in [3.05, 3.63) is 82.3 Å². The fourth-order valence-corrected chi connectivity index (χ4v) is 6.07. The first kappa shape index (κ1) is 26.3. The molecule has 9 heteroatoms. The van der Waals surface area contributed by atoms with Gasteiger partial charge in [0.15, 0.2) is 5.65 Å². The van der Waals surface area contributed by atoms with E-state index in [0.29, 0.717) is 12.0 Å². The fraction of sp³-hybridized carbons (Fsp3) is 0.321. The summed E-state index contributed by atoms with van der Waals surface area (Å²) < 4.78 is 29.3. The van der Waals surface area contributed by atoms with Crippen molar-refractivity contribution in [1.82, 2.24) is 19.3 Å². The van der Waals surface area contributed by atoms with E-state index in [9.17, 15) is 13.2 Å². The number of amides is 1. The van der Waals surface area contributed by atoms with Gasteiger partial charge in [0.25, 0.3) is 10.0 Å². The van der Waals surface area contributed by atoms with Crippen LogP contribution in [0, 0.1) is 20.8 Å². The van der Waals surface area contributed by atoms with E-state index in [-0.39, 0.29) is 4.90 Å². The van der Waals surface area contributed by atoms with E-state index >= 15 is 0 Å². The van der Waals surface area contributed by atoms with Crippen molar-refractivity contribution in [1.29, 1.82) is 0 Å². The summed E-state index contributed by atoms with van der Waals surface area (Å²) in [7, 11) is -4.22. The second-order valence-corrected chi connectivity index (χ2v) is 11.8. The second kappa shape index (κ2) is 9.63. The van der Waals surface area contributed by atoms with Gasteiger partial charge in [0.05, 0.1) is 4.90 Å². The Morgan fingerprint density at radius 1 is 1.03 bits per heavy atom. The fourth-order valence-electron chi connectivity index (χ4n) is 4.86. The van der Waals surface area contributed by atoms with Crippen LogP contribution in [0.5, 0.6) is 0 Å². The monoisotopic (exact) mass is 520 g/mol. The number of aromatic nitrogens is 3. The summed E-state index contributed by atoms with van der Waals surface area (Å²) in [6.45, 7) is 11.9. The molecular weight excluding hydrogens is 488 g/mol. The standard InChI is InChI=1S/C28H32N4O4S/c1-7-24-30-25-18(3)15-19(4)29-26(25)32(24)21-11-9-20(10-12-21)16-28(5,6)22-14-17(2)8-13-23(22)37(35,36)31-27(33)34/h8-15,31H,7,16H2,1-6H3,(H,33,34). The van der Waals surface area contributed by atoms with Gasteiger partial charge < -0.3 is 5.11 Å². The number of nitrogens with zero attached hydrogens (tertiary/aromatic N) is 3. The van der Waals surface area contributed by atoms with E-state index in [1.54, 1.807) is 10.8 Å². The zero-order valence-corrected chi connectivity index (χ0v) is 22.8. The van der Waals surface area contributed by atoms with E-state index in [2.05, 4.69) is 11.5 Å². The van der Waals surface area contributed by atoms with Crippen molar-refractivity contribution in [3.8, 4) is 5.69 Å². The van der Waals surface area contributed by atoms with Crippen LogP contribution in [0.25, 0.3) is 16.9 Å². The van der Waals surface area contributed by atoms with Gasteiger partial charge in [-0.25, -0.2) is 27.9 Å². The molecule has 2 N–H and O–H groups in total. The Morgan fingerprint density at radius 3 is 2.32 bits per heavy atom. The molecule has 37 heavy (non-hydrogen) atoms. The maximum absolute atomic E-state index is 12.8. The van der Waals surface area contributed by atoms with E-state index < -0.39 is 21.5 Å². The van der Waals surface area contributed by atoms with Crippen LogP contribution in [0.15, 0.2) is 53.4 Å².